The number of carbonyl (C=O) groups excluding carboxylic acids is 2. The number of hydrogen-bond acceptors (Lipinski definition) is 5. The molecule has 0 heterocycles. The van der Waals surface area contributed by atoms with Crippen molar-refractivity contribution in [2.24, 2.45) is 46.3 Å². The van der Waals surface area contributed by atoms with Crippen molar-refractivity contribution in [3.05, 3.63) is 0 Å². The predicted molar refractivity (Wildman–Crippen MR) is 134 cm³/mol. The number of amides is 1. The lowest BCUT2D eigenvalue weighted by molar-refractivity contribution is -0.140. The first-order chi connectivity index (χ1) is 16.4. The van der Waals surface area contributed by atoms with Crippen LogP contribution in [0.1, 0.15) is 91.4 Å². The van der Waals surface area contributed by atoms with Crippen LogP contribution in [0.4, 0.5) is 0 Å². The SMILES string of the molecule is C[C@H](CCC(=O)N[C@H](CO)CS(=O)(=O)O)[C@H]1CC[C@H]2[C@@H]3CC[C@@H]4CC(=O)CC[C@]4(C)[C@H]3CC[C@]12C. The Morgan fingerprint density at radius 3 is 2.49 bits per heavy atom. The topological polar surface area (TPSA) is 121 Å². The number of nitrogens with one attached hydrogen (secondary N) is 1. The van der Waals surface area contributed by atoms with Crippen LogP contribution in [0.3, 0.4) is 0 Å². The van der Waals surface area contributed by atoms with Crippen LogP contribution in [0.25, 0.3) is 0 Å². The highest BCUT2D eigenvalue weighted by Gasteiger charge is 2.60. The average molecular weight is 512 g/mol. The summed E-state index contributed by atoms with van der Waals surface area (Å²) in [6, 6.07) is -0.983. The predicted octanol–water partition coefficient (Wildman–Crippen LogP) is 4.00. The fraction of sp³-hybridized carbons (Fsp3) is 0.926. The van der Waals surface area contributed by atoms with E-state index in [1.807, 2.05) is 0 Å². The Hall–Kier alpha value is -0.990. The quantitative estimate of drug-likeness (QED) is 0.424. The average Bonchev–Trinajstić information content (AvgIpc) is 3.14. The minimum atomic E-state index is -4.26. The van der Waals surface area contributed by atoms with Crippen LogP contribution in [0, 0.1) is 46.3 Å². The highest BCUT2D eigenvalue weighted by atomic mass is 32.2. The Bertz CT molecular complexity index is 921. The molecule has 35 heavy (non-hydrogen) atoms. The van der Waals surface area contributed by atoms with E-state index in [1.165, 1.54) is 38.5 Å². The molecule has 0 aliphatic heterocycles. The van der Waals surface area contributed by atoms with Gasteiger partial charge < -0.3 is 10.4 Å². The number of fused-ring (bicyclic) bond motifs is 5. The van der Waals surface area contributed by atoms with Gasteiger partial charge in [-0.25, -0.2) is 0 Å². The number of aliphatic hydroxyl groups is 1. The van der Waals surface area contributed by atoms with E-state index in [4.69, 9.17) is 4.55 Å². The molecule has 4 rings (SSSR count). The monoisotopic (exact) mass is 511 g/mol. The van der Waals surface area contributed by atoms with E-state index in [9.17, 15) is 23.1 Å². The van der Waals surface area contributed by atoms with Gasteiger partial charge in [0.25, 0.3) is 10.1 Å². The highest BCUT2D eigenvalue weighted by molar-refractivity contribution is 7.85. The zero-order valence-corrected chi connectivity index (χ0v) is 22.5. The van der Waals surface area contributed by atoms with Gasteiger partial charge in [-0.15, -0.1) is 0 Å². The molecule has 0 aromatic carbocycles. The van der Waals surface area contributed by atoms with Gasteiger partial charge in [-0.2, -0.15) is 8.42 Å². The molecule has 0 aromatic heterocycles. The minimum Gasteiger partial charge on any atom is -0.394 e. The number of carbonyl (C=O) groups is 2. The van der Waals surface area contributed by atoms with Gasteiger partial charge in [-0.1, -0.05) is 20.8 Å². The lowest BCUT2D eigenvalue weighted by Crippen LogP contribution is -2.53. The minimum absolute atomic E-state index is 0.277. The standard InChI is InChI=1S/C27H45NO6S/c1-17(4-9-25(31)28-19(15-29)16-35(32,33)34)22-7-8-23-21-6-5-18-14-20(30)10-12-26(18,2)24(21)11-13-27(22,23)3/h17-19,21-24,29H,4-16H2,1-3H3,(H,28,31)(H,32,33,34)/t17-,18-,19-,21+,22-,23+,24+,26+,27-/m1/s1. The lowest BCUT2D eigenvalue weighted by atomic mass is 9.44. The Kier molecular flexibility index (Phi) is 7.77. The summed E-state index contributed by atoms with van der Waals surface area (Å²) in [5.41, 5.74) is 0.620. The van der Waals surface area contributed by atoms with Crippen molar-refractivity contribution in [3.63, 3.8) is 0 Å². The van der Waals surface area contributed by atoms with Crippen LogP contribution < -0.4 is 5.32 Å². The van der Waals surface area contributed by atoms with Crippen LogP contribution in [-0.4, -0.2) is 48.2 Å². The van der Waals surface area contributed by atoms with E-state index in [0.29, 0.717) is 40.8 Å². The van der Waals surface area contributed by atoms with Gasteiger partial charge in [0.15, 0.2) is 0 Å². The van der Waals surface area contributed by atoms with E-state index in [0.717, 1.165) is 43.4 Å². The normalized spacial score (nSPS) is 40.8. The molecule has 0 saturated heterocycles. The van der Waals surface area contributed by atoms with Gasteiger partial charge in [-0.05, 0) is 97.7 Å². The smallest absolute Gasteiger partial charge is 0.266 e. The first-order valence-electron chi connectivity index (χ1n) is 13.7. The van der Waals surface area contributed by atoms with Crippen molar-refractivity contribution in [3.8, 4) is 0 Å². The third-order valence-electron chi connectivity index (χ3n) is 11.1. The maximum absolute atomic E-state index is 12.4. The van der Waals surface area contributed by atoms with Gasteiger partial charge in [0.2, 0.25) is 5.91 Å². The van der Waals surface area contributed by atoms with Crippen molar-refractivity contribution < 1.29 is 27.7 Å². The van der Waals surface area contributed by atoms with E-state index in [1.54, 1.807) is 0 Å². The largest absolute Gasteiger partial charge is 0.394 e. The molecule has 4 saturated carbocycles. The second-order valence-corrected chi connectivity index (χ2v) is 14.3. The third kappa shape index (κ3) is 5.35. The molecule has 9 atom stereocenters. The Balaban J connectivity index is 1.36. The molecule has 0 bridgehead atoms. The molecule has 4 aliphatic rings. The molecule has 7 nitrogen and oxygen atoms in total. The van der Waals surface area contributed by atoms with Crippen molar-refractivity contribution in [2.45, 2.75) is 97.4 Å². The molecule has 0 spiro atoms. The van der Waals surface area contributed by atoms with Crippen molar-refractivity contribution in [2.75, 3.05) is 12.4 Å². The van der Waals surface area contributed by atoms with Crippen LogP contribution in [0.15, 0.2) is 0 Å². The fourth-order valence-corrected chi connectivity index (χ4v) is 9.97. The number of aliphatic hydroxyl groups excluding tert-OH is 1. The Labute approximate surface area is 211 Å². The van der Waals surface area contributed by atoms with E-state index >= 15 is 0 Å². The summed E-state index contributed by atoms with van der Waals surface area (Å²) in [6.07, 6.45) is 11.1. The third-order valence-corrected chi connectivity index (χ3v) is 11.9. The van der Waals surface area contributed by atoms with E-state index in [2.05, 4.69) is 26.1 Å². The Morgan fingerprint density at radius 2 is 1.80 bits per heavy atom. The summed E-state index contributed by atoms with van der Waals surface area (Å²) >= 11 is 0. The van der Waals surface area contributed by atoms with Crippen molar-refractivity contribution >= 4 is 21.8 Å². The zero-order valence-electron chi connectivity index (χ0n) is 21.7. The van der Waals surface area contributed by atoms with Crippen LogP contribution in [-0.2, 0) is 19.7 Å². The second kappa shape index (κ2) is 10.1. The molecular formula is C27H45NO6S. The van der Waals surface area contributed by atoms with Crippen molar-refractivity contribution in [1.82, 2.24) is 5.32 Å². The van der Waals surface area contributed by atoms with Crippen LogP contribution in [0.2, 0.25) is 0 Å². The molecule has 200 valence electrons. The molecule has 4 aliphatic carbocycles. The molecule has 3 N–H and O–H groups in total. The van der Waals surface area contributed by atoms with Crippen molar-refractivity contribution in [1.29, 1.82) is 0 Å². The maximum atomic E-state index is 12.4. The second-order valence-electron chi connectivity index (χ2n) is 12.8. The molecule has 0 aromatic rings. The molecule has 4 fully saturated rings. The van der Waals surface area contributed by atoms with E-state index in [-0.39, 0.29) is 5.91 Å². The number of ketones is 1. The molecule has 1 amide bonds. The van der Waals surface area contributed by atoms with Crippen LogP contribution >= 0.6 is 0 Å². The molecule has 0 radical (unpaired) electrons. The highest BCUT2D eigenvalue weighted by Crippen LogP contribution is 2.68. The first-order valence-corrected chi connectivity index (χ1v) is 15.4. The summed E-state index contributed by atoms with van der Waals surface area (Å²) in [5, 5.41) is 11.9. The molecule has 0 unspecified atom stereocenters. The number of Topliss-reactive ketones (excluding diaryl/α,β-unsaturated/α-hetero) is 1. The fourth-order valence-electron chi connectivity index (χ4n) is 9.27. The summed E-state index contributed by atoms with van der Waals surface area (Å²) in [6.45, 7) is 6.71. The van der Waals surface area contributed by atoms with Gasteiger partial charge in [0.1, 0.15) is 5.78 Å². The molecule has 8 heteroatoms. The Morgan fingerprint density at radius 1 is 1.09 bits per heavy atom. The van der Waals surface area contributed by atoms with Crippen LogP contribution in [0.5, 0.6) is 0 Å². The van der Waals surface area contributed by atoms with Gasteiger partial charge in [0.05, 0.1) is 18.4 Å². The summed E-state index contributed by atoms with van der Waals surface area (Å²) in [4.78, 5) is 24.6. The zero-order chi connectivity index (χ0) is 25.6. The summed E-state index contributed by atoms with van der Waals surface area (Å²) in [5.74, 6) is 3.28. The van der Waals surface area contributed by atoms with Gasteiger partial charge >= 0.3 is 0 Å². The van der Waals surface area contributed by atoms with E-state index < -0.39 is 28.5 Å². The lowest BCUT2D eigenvalue weighted by Gasteiger charge is -2.60. The first kappa shape index (κ1) is 27.1. The van der Waals surface area contributed by atoms with Gasteiger partial charge in [0, 0.05) is 19.3 Å². The molecular weight excluding hydrogens is 466 g/mol. The number of hydrogen-bond donors (Lipinski definition) is 3. The summed E-state index contributed by atoms with van der Waals surface area (Å²) in [7, 11) is -4.26. The maximum Gasteiger partial charge on any atom is 0.266 e. The summed E-state index contributed by atoms with van der Waals surface area (Å²) < 4.78 is 31.2. The van der Waals surface area contributed by atoms with Gasteiger partial charge in [-0.3, -0.25) is 14.1 Å². The number of rotatable bonds is 8.